The van der Waals surface area contributed by atoms with E-state index in [1.54, 1.807) is 25.1 Å². The molecule has 6 nitrogen and oxygen atoms in total. The van der Waals surface area contributed by atoms with E-state index < -0.39 is 22.0 Å². The molecule has 2 unspecified atom stereocenters. The first kappa shape index (κ1) is 15.0. The summed E-state index contributed by atoms with van der Waals surface area (Å²) in [4.78, 5) is 11.5. The highest BCUT2D eigenvalue weighted by atomic mass is 32.2. The quantitative estimate of drug-likeness (QED) is 0.836. The van der Waals surface area contributed by atoms with Gasteiger partial charge in [-0.15, -0.1) is 0 Å². The lowest BCUT2D eigenvalue weighted by Crippen LogP contribution is -2.43. The second kappa shape index (κ2) is 5.51. The second-order valence-corrected chi connectivity index (χ2v) is 6.93. The molecule has 0 aromatic heterocycles. The van der Waals surface area contributed by atoms with Gasteiger partial charge in [-0.3, -0.25) is 4.79 Å². The van der Waals surface area contributed by atoms with Crippen LogP contribution in [-0.4, -0.2) is 31.2 Å². The van der Waals surface area contributed by atoms with Crippen molar-refractivity contribution in [1.82, 2.24) is 4.31 Å². The summed E-state index contributed by atoms with van der Waals surface area (Å²) in [6, 6.07) is 5.49. The summed E-state index contributed by atoms with van der Waals surface area (Å²) in [5, 5.41) is 0. The van der Waals surface area contributed by atoms with Crippen molar-refractivity contribution in [2.75, 3.05) is 6.54 Å². The number of benzene rings is 1. The van der Waals surface area contributed by atoms with Crippen molar-refractivity contribution in [2.45, 2.75) is 36.7 Å². The lowest BCUT2D eigenvalue weighted by Gasteiger charge is -2.22. The molecule has 0 saturated carbocycles. The van der Waals surface area contributed by atoms with Crippen molar-refractivity contribution in [3.8, 4) is 0 Å². The molecular formula is C13H19N3O3S. The third-order valence-corrected chi connectivity index (χ3v) is 5.43. The number of rotatable bonds is 4. The topological polar surface area (TPSA) is 106 Å². The minimum Gasteiger partial charge on any atom is -0.368 e. The van der Waals surface area contributed by atoms with E-state index in [9.17, 15) is 13.2 Å². The maximum absolute atomic E-state index is 12.6. The number of carbonyl (C=O) groups excluding carboxylic acids is 1. The molecule has 7 heteroatoms. The number of sulfonamides is 1. The van der Waals surface area contributed by atoms with E-state index in [0.29, 0.717) is 19.4 Å². The van der Waals surface area contributed by atoms with Crippen LogP contribution in [0.3, 0.4) is 0 Å². The maximum Gasteiger partial charge on any atom is 0.243 e. The molecule has 0 spiro atoms. The zero-order valence-corrected chi connectivity index (χ0v) is 12.1. The van der Waals surface area contributed by atoms with E-state index in [2.05, 4.69) is 0 Å². The molecule has 1 fully saturated rings. The summed E-state index contributed by atoms with van der Waals surface area (Å²) in [6.07, 6.45) is 1.11. The lowest BCUT2D eigenvalue weighted by atomic mass is 10.1. The Morgan fingerprint density at radius 1 is 1.45 bits per heavy atom. The van der Waals surface area contributed by atoms with Crippen molar-refractivity contribution in [2.24, 2.45) is 11.5 Å². The van der Waals surface area contributed by atoms with Crippen molar-refractivity contribution in [1.29, 1.82) is 0 Å². The van der Waals surface area contributed by atoms with Crippen LogP contribution in [0.2, 0.25) is 0 Å². The molecule has 1 aliphatic heterocycles. The average Bonchev–Trinajstić information content (AvgIpc) is 2.89. The van der Waals surface area contributed by atoms with Gasteiger partial charge < -0.3 is 11.5 Å². The Bertz CT molecular complexity index is 613. The predicted molar refractivity (Wildman–Crippen MR) is 75.2 cm³/mol. The molecule has 0 bridgehead atoms. The monoisotopic (exact) mass is 297 g/mol. The van der Waals surface area contributed by atoms with E-state index in [1.165, 1.54) is 10.4 Å². The largest absolute Gasteiger partial charge is 0.368 e. The summed E-state index contributed by atoms with van der Waals surface area (Å²) in [6.45, 7) is 2.10. The smallest absolute Gasteiger partial charge is 0.243 e. The van der Waals surface area contributed by atoms with Crippen LogP contribution in [0, 0.1) is 0 Å². The van der Waals surface area contributed by atoms with Crippen LogP contribution in [0.5, 0.6) is 0 Å². The van der Waals surface area contributed by atoms with Crippen LogP contribution < -0.4 is 11.5 Å². The molecule has 0 radical (unpaired) electrons. The first-order valence-electron chi connectivity index (χ1n) is 6.50. The Morgan fingerprint density at radius 3 is 2.75 bits per heavy atom. The fourth-order valence-electron chi connectivity index (χ4n) is 2.41. The SMILES string of the molecule is CC(N)c1cccc(S(=O)(=O)N2CCCC2C(N)=O)c1. The Kier molecular flexibility index (Phi) is 4.12. The van der Waals surface area contributed by atoms with Crippen molar-refractivity contribution in [3.63, 3.8) is 0 Å². The molecule has 1 aromatic rings. The van der Waals surface area contributed by atoms with Crippen LogP contribution in [0.4, 0.5) is 0 Å². The molecule has 2 atom stereocenters. The number of hydrogen-bond acceptors (Lipinski definition) is 4. The molecule has 2 rings (SSSR count). The third kappa shape index (κ3) is 2.70. The van der Waals surface area contributed by atoms with Crippen molar-refractivity contribution < 1.29 is 13.2 Å². The molecule has 1 aliphatic rings. The minimum atomic E-state index is -3.71. The summed E-state index contributed by atoms with van der Waals surface area (Å²) < 4.78 is 26.4. The molecule has 20 heavy (non-hydrogen) atoms. The molecule has 1 amide bonds. The molecule has 0 aliphatic carbocycles. The summed E-state index contributed by atoms with van der Waals surface area (Å²) in [5.74, 6) is -0.602. The van der Waals surface area contributed by atoms with E-state index >= 15 is 0 Å². The van der Waals surface area contributed by atoms with Gasteiger partial charge in [-0.2, -0.15) is 4.31 Å². The zero-order valence-electron chi connectivity index (χ0n) is 11.3. The van der Waals surface area contributed by atoms with Gasteiger partial charge in [0.05, 0.1) is 4.90 Å². The van der Waals surface area contributed by atoms with Gasteiger partial charge in [-0.1, -0.05) is 12.1 Å². The van der Waals surface area contributed by atoms with Crippen molar-refractivity contribution in [3.05, 3.63) is 29.8 Å². The first-order chi connectivity index (χ1) is 9.34. The number of nitrogens with zero attached hydrogens (tertiary/aromatic N) is 1. The van der Waals surface area contributed by atoms with Gasteiger partial charge in [-0.25, -0.2) is 8.42 Å². The first-order valence-corrected chi connectivity index (χ1v) is 7.94. The van der Waals surface area contributed by atoms with Crippen LogP contribution in [0.15, 0.2) is 29.2 Å². The number of primary amides is 1. The highest BCUT2D eigenvalue weighted by Gasteiger charge is 2.38. The van der Waals surface area contributed by atoms with Crippen LogP contribution in [-0.2, 0) is 14.8 Å². The summed E-state index contributed by atoms with van der Waals surface area (Å²) in [7, 11) is -3.71. The highest BCUT2D eigenvalue weighted by Crippen LogP contribution is 2.27. The van der Waals surface area contributed by atoms with Gasteiger partial charge in [0.25, 0.3) is 0 Å². The minimum absolute atomic E-state index is 0.153. The van der Waals surface area contributed by atoms with E-state index in [1.807, 2.05) is 0 Å². The van der Waals surface area contributed by atoms with Crippen LogP contribution in [0.1, 0.15) is 31.4 Å². The van der Waals surface area contributed by atoms with E-state index in [4.69, 9.17) is 11.5 Å². The normalized spacial score (nSPS) is 21.8. The number of amides is 1. The van der Waals surface area contributed by atoms with Crippen LogP contribution >= 0.6 is 0 Å². The predicted octanol–water partition coefficient (Wildman–Crippen LogP) is 0.345. The van der Waals surface area contributed by atoms with Gasteiger partial charge in [0.1, 0.15) is 6.04 Å². The third-order valence-electron chi connectivity index (χ3n) is 3.52. The van der Waals surface area contributed by atoms with Gasteiger partial charge in [-0.05, 0) is 37.5 Å². The average molecular weight is 297 g/mol. The Hall–Kier alpha value is -1.44. The zero-order chi connectivity index (χ0) is 14.9. The second-order valence-electron chi connectivity index (χ2n) is 5.04. The molecule has 1 heterocycles. The number of carbonyl (C=O) groups is 1. The highest BCUT2D eigenvalue weighted by molar-refractivity contribution is 7.89. The van der Waals surface area contributed by atoms with Gasteiger partial charge in [0.15, 0.2) is 0 Å². The molecule has 1 aromatic carbocycles. The fraction of sp³-hybridized carbons (Fsp3) is 0.462. The molecule has 4 N–H and O–H groups in total. The maximum atomic E-state index is 12.6. The molecule has 110 valence electrons. The fourth-order valence-corrected chi connectivity index (χ4v) is 4.13. The van der Waals surface area contributed by atoms with Crippen LogP contribution in [0.25, 0.3) is 0 Å². The Morgan fingerprint density at radius 2 is 2.15 bits per heavy atom. The molecule has 1 saturated heterocycles. The standard InChI is InChI=1S/C13H19N3O3S/c1-9(14)10-4-2-5-11(8-10)20(18,19)16-7-3-6-12(16)13(15)17/h2,4-5,8-9,12H,3,6-7,14H2,1H3,(H2,15,17). The summed E-state index contributed by atoms with van der Waals surface area (Å²) in [5.41, 5.74) is 11.8. The van der Waals surface area contributed by atoms with Crippen molar-refractivity contribution >= 4 is 15.9 Å². The van der Waals surface area contributed by atoms with Gasteiger partial charge in [0, 0.05) is 12.6 Å². The van der Waals surface area contributed by atoms with Gasteiger partial charge >= 0.3 is 0 Å². The number of nitrogens with two attached hydrogens (primary N) is 2. The van der Waals surface area contributed by atoms with Gasteiger partial charge in [0.2, 0.25) is 15.9 Å². The lowest BCUT2D eigenvalue weighted by molar-refractivity contribution is -0.121. The number of hydrogen-bond donors (Lipinski definition) is 2. The van der Waals surface area contributed by atoms with E-state index in [0.717, 1.165) is 5.56 Å². The Balaban J connectivity index is 2.40. The van der Waals surface area contributed by atoms with E-state index in [-0.39, 0.29) is 10.9 Å². The Labute approximate surface area is 118 Å². The molecular weight excluding hydrogens is 278 g/mol. The summed E-state index contributed by atoms with van der Waals surface area (Å²) >= 11 is 0.